The first-order valence-corrected chi connectivity index (χ1v) is 9.18. The zero-order valence-electron chi connectivity index (χ0n) is 14.3. The molecule has 1 fully saturated rings. The summed E-state index contributed by atoms with van der Waals surface area (Å²) in [6.45, 7) is 9.30. The van der Waals surface area contributed by atoms with Crippen LogP contribution in [0.1, 0.15) is 61.0 Å². The van der Waals surface area contributed by atoms with Gasteiger partial charge in [0.25, 0.3) is 0 Å². The van der Waals surface area contributed by atoms with E-state index in [-0.39, 0.29) is 5.91 Å². The van der Waals surface area contributed by atoms with Crippen LogP contribution < -0.4 is 5.32 Å². The minimum absolute atomic E-state index is 0.173. The molecule has 1 aromatic rings. The molecular weight excluding hydrogens is 294 g/mol. The monoisotopic (exact) mass is 323 g/mol. The van der Waals surface area contributed by atoms with Gasteiger partial charge in [0.15, 0.2) is 0 Å². The third kappa shape index (κ3) is 5.06. The summed E-state index contributed by atoms with van der Waals surface area (Å²) in [6, 6.07) is 0. The first-order chi connectivity index (χ1) is 10.5. The maximum atomic E-state index is 12.1. The fourth-order valence-corrected chi connectivity index (χ4v) is 3.98. The van der Waals surface area contributed by atoms with E-state index in [0.29, 0.717) is 24.8 Å². The van der Waals surface area contributed by atoms with Gasteiger partial charge in [0, 0.05) is 23.8 Å². The standard InChI is InChI=1S/C17H29N3OS/c1-12(2)17-19-13(3)15(22-17)10-18-16(21)8-7-14-6-5-9-20(4)11-14/h12,14H,5-11H2,1-4H3,(H,18,21). The summed E-state index contributed by atoms with van der Waals surface area (Å²) < 4.78 is 0. The van der Waals surface area contributed by atoms with Gasteiger partial charge >= 0.3 is 0 Å². The van der Waals surface area contributed by atoms with Gasteiger partial charge in [-0.3, -0.25) is 4.79 Å². The fourth-order valence-electron chi connectivity index (χ4n) is 2.97. The normalized spacial score (nSPS) is 19.6. The second kappa shape index (κ2) is 8.06. The van der Waals surface area contributed by atoms with Crippen LogP contribution in [0.5, 0.6) is 0 Å². The minimum Gasteiger partial charge on any atom is -0.351 e. The maximum absolute atomic E-state index is 12.1. The number of thiazole rings is 1. The first kappa shape index (κ1) is 17.4. The number of amides is 1. The molecule has 0 spiro atoms. The molecule has 1 aromatic heterocycles. The van der Waals surface area contributed by atoms with Crippen LogP contribution >= 0.6 is 11.3 Å². The minimum atomic E-state index is 0.173. The van der Waals surface area contributed by atoms with Crippen LogP contribution in [-0.4, -0.2) is 35.9 Å². The summed E-state index contributed by atoms with van der Waals surface area (Å²) in [5.74, 6) is 1.31. The summed E-state index contributed by atoms with van der Waals surface area (Å²) in [4.78, 5) is 20.2. The van der Waals surface area contributed by atoms with Gasteiger partial charge in [-0.15, -0.1) is 11.3 Å². The number of nitrogens with one attached hydrogen (secondary N) is 1. The van der Waals surface area contributed by atoms with Crippen LogP contribution in [0, 0.1) is 12.8 Å². The molecule has 1 N–H and O–H groups in total. The Morgan fingerprint density at radius 2 is 2.27 bits per heavy atom. The van der Waals surface area contributed by atoms with Crippen molar-refractivity contribution >= 4 is 17.2 Å². The van der Waals surface area contributed by atoms with Gasteiger partial charge in [0.05, 0.1) is 17.2 Å². The number of aryl methyl sites for hydroxylation is 1. The quantitative estimate of drug-likeness (QED) is 0.873. The number of carbonyl (C=O) groups is 1. The highest BCUT2D eigenvalue weighted by Gasteiger charge is 2.18. The molecule has 124 valence electrons. The van der Waals surface area contributed by atoms with Gasteiger partial charge in [-0.2, -0.15) is 0 Å². The number of hydrogen-bond donors (Lipinski definition) is 1. The fraction of sp³-hybridized carbons (Fsp3) is 0.765. The number of rotatable bonds is 6. The molecule has 1 atom stereocenters. The van der Waals surface area contributed by atoms with Crippen LogP contribution in [0.25, 0.3) is 0 Å². The van der Waals surface area contributed by atoms with Crippen molar-refractivity contribution in [3.63, 3.8) is 0 Å². The van der Waals surface area contributed by atoms with E-state index in [1.807, 2.05) is 6.92 Å². The number of aromatic nitrogens is 1. The van der Waals surface area contributed by atoms with Crippen LogP contribution in [0.4, 0.5) is 0 Å². The van der Waals surface area contributed by atoms with E-state index in [1.54, 1.807) is 11.3 Å². The highest BCUT2D eigenvalue weighted by atomic mass is 32.1. The first-order valence-electron chi connectivity index (χ1n) is 8.37. The predicted molar refractivity (Wildman–Crippen MR) is 92.2 cm³/mol. The molecule has 1 aliphatic heterocycles. The van der Waals surface area contributed by atoms with Gasteiger partial charge in [0.1, 0.15) is 0 Å². The molecule has 0 aliphatic carbocycles. The van der Waals surface area contributed by atoms with Crippen LogP contribution in [0.15, 0.2) is 0 Å². The van der Waals surface area contributed by atoms with Crippen molar-refractivity contribution in [1.82, 2.24) is 15.2 Å². The van der Waals surface area contributed by atoms with Gasteiger partial charge in [-0.25, -0.2) is 4.98 Å². The SMILES string of the molecule is Cc1nc(C(C)C)sc1CNC(=O)CCC1CCCN(C)C1. The lowest BCUT2D eigenvalue weighted by Gasteiger charge is -2.29. The third-order valence-corrected chi connectivity index (χ3v) is 5.81. The van der Waals surface area contributed by atoms with Gasteiger partial charge < -0.3 is 10.2 Å². The average molecular weight is 324 g/mol. The second-order valence-electron chi connectivity index (χ2n) is 6.80. The maximum Gasteiger partial charge on any atom is 0.220 e. The lowest BCUT2D eigenvalue weighted by molar-refractivity contribution is -0.121. The molecule has 5 heteroatoms. The molecular formula is C17H29N3OS. The topological polar surface area (TPSA) is 45.2 Å². The molecule has 1 saturated heterocycles. The van der Waals surface area contributed by atoms with E-state index in [1.165, 1.54) is 24.3 Å². The zero-order chi connectivity index (χ0) is 16.1. The Hall–Kier alpha value is -0.940. The average Bonchev–Trinajstić information content (AvgIpc) is 2.84. The van der Waals surface area contributed by atoms with Gasteiger partial charge in [-0.05, 0) is 45.7 Å². The van der Waals surface area contributed by atoms with Crippen LogP contribution in [0.3, 0.4) is 0 Å². The van der Waals surface area contributed by atoms with Gasteiger partial charge in [0.2, 0.25) is 5.91 Å². The summed E-state index contributed by atoms with van der Waals surface area (Å²) in [6.07, 6.45) is 4.19. The molecule has 22 heavy (non-hydrogen) atoms. The number of piperidine rings is 1. The summed E-state index contributed by atoms with van der Waals surface area (Å²) in [7, 11) is 2.17. The Kier molecular flexibility index (Phi) is 6.38. The number of nitrogens with zero attached hydrogens (tertiary/aromatic N) is 2. The van der Waals surface area contributed by atoms with Crippen molar-refractivity contribution < 1.29 is 4.79 Å². The van der Waals surface area contributed by atoms with E-state index in [2.05, 4.69) is 36.1 Å². The van der Waals surface area contributed by atoms with E-state index in [9.17, 15) is 4.79 Å². The highest BCUT2D eigenvalue weighted by Crippen LogP contribution is 2.24. The second-order valence-corrected chi connectivity index (χ2v) is 7.92. The number of likely N-dealkylation sites (tertiary alicyclic amines) is 1. The molecule has 0 bridgehead atoms. The Morgan fingerprint density at radius 3 is 2.91 bits per heavy atom. The van der Waals surface area contributed by atoms with Crippen molar-refractivity contribution in [3.8, 4) is 0 Å². The molecule has 0 saturated carbocycles. The molecule has 0 radical (unpaired) electrons. The molecule has 2 rings (SSSR count). The van der Waals surface area contributed by atoms with E-state index < -0.39 is 0 Å². The highest BCUT2D eigenvalue weighted by molar-refractivity contribution is 7.11. The molecule has 1 aliphatic rings. The van der Waals surface area contributed by atoms with Crippen LogP contribution in [0.2, 0.25) is 0 Å². The Bertz CT molecular complexity index is 498. The molecule has 1 amide bonds. The molecule has 0 aromatic carbocycles. The van der Waals surface area contributed by atoms with E-state index in [4.69, 9.17) is 0 Å². The van der Waals surface area contributed by atoms with Crippen molar-refractivity contribution in [1.29, 1.82) is 0 Å². The van der Waals surface area contributed by atoms with Crippen molar-refractivity contribution in [2.24, 2.45) is 5.92 Å². The van der Waals surface area contributed by atoms with Crippen molar-refractivity contribution in [2.45, 2.75) is 58.9 Å². The summed E-state index contributed by atoms with van der Waals surface area (Å²) >= 11 is 1.72. The molecule has 4 nitrogen and oxygen atoms in total. The molecule has 2 heterocycles. The summed E-state index contributed by atoms with van der Waals surface area (Å²) in [5.41, 5.74) is 1.06. The van der Waals surface area contributed by atoms with Crippen LogP contribution in [-0.2, 0) is 11.3 Å². The van der Waals surface area contributed by atoms with Crippen molar-refractivity contribution in [3.05, 3.63) is 15.6 Å². The lowest BCUT2D eigenvalue weighted by Crippen LogP contribution is -2.33. The molecule has 1 unspecified atom stereocenters. The Labute approximate surface area is 138 Å². The largest absolute Gasteiger partial charge is 0.351 e. The zero-order valence-corrected chi connectivity index (χ0v) is 15.1. The third-order valence-electron chi connectivity index (χ3n) is 4.35. The Morgan fingerprint density at radius 1 is 1.50 bits per heavy atom. The Balaban J connectivity index is 1.73. The van der Waals surface area contributed by atoms with Gasteiger partial charge in [-0.1, -0.05) is 13.8 Å². The lowest BCUT2D eigenvalue weighted by atomic mass is 9.93. The van der Waals surface area contributed by atoms with E-state index >= 15 is 0 Å². The smallest absolute Gasteiger partial charge is 0.220 e. The van der Waals surface area contributed by atoms with Crippen molar-refractivity contribution in [2.75, 3.05) is 20.1 Å². The number of hydrogen-bond acceptors (Lipinski definition) is 4. The number of carbonyl (C=O) groups excluding carboxylic acids is 1. The predicted octanol–water partition coefficient (Wildman–Crippen LogP) is 3.31. The van der Waals surface area contributed by atoms with E-state index in [0.717, 1.165) is 23.7 Å². The summed E-state index contributed by atoms with van der Waals surface area (Å²) in [5, 5.41) is 4.22.